The first-order valence-corrected chi connectivity index (χ1v) is 25.8. The number of carbonyl (C=O) groups is 9. The van der Waals surface area contributed by atoms with Crippen LogP contribution in [-0.2, 0) is 44.4 Å². The van der Waals surface area contributed by atoms with Gasteiger partial charge in [0.1, 0.15) is 5.69 Å². The van der Waals surface area contributed by atoms with Gasteiger partial charge in [-0.25, -0.2) is 28.8 Å². The molecule has 0 aliphatic carbocycles. The summed E-state index contributed by atoms with van der Waals surface area (Å²) in [5, 5.41) is 38.8. The number of alkyl halides is 3. The van der Waals surface area contributed by atoms with Crippen LogP contribution in [0.5, 0.6) is 0 Å². The normalized spacial score (nSPS) is 12.3. The van der Waals surface area contributed by atoms with Crippen LogP contribution in [0.25, 0.3) is 33.1 Å². The van der Waals surface area contributed by atoms with Gasteiger partial charge in [-0.2, -0.15) is 43.9 Å². The van der Waals surface area contributed by atoms with E-state index in [0.717, 1.165) is 33.1 Å². The maximum atomic E-state index is 13.0. The molecule has 9 aromatic rings. The molecule has 3 aromatic heterocycles. The van der Waals surface area contributed by atoms with Crippen molar-refractivity contribution >= 4 is 120 Å². The van der Waals surface area contributed by atoms with Gasteiger partial charge in [-0.1, -0.05) is 24.3 Å². The molecule has 0 bridgehead atoms. The second-order valence-electron chi connectivity index (χ2n) is 18.7. The fourth-order valence-corrected chi connectivity index (χ4v) is 7.96. The number of rotatable bonds is 18. The summed E-state index contributed by atoms with van der Waals surface area (Å²) in [6.07, 6.45) is -4.66. The molecular weight excluding hydrogens is 1190 g/mol. The number of carboxylic acids is 1. The molecule has 6 aromatic carbocycles. The molecule has 3 amide bonds. The number of amides is 3. The number of Topliss-reactive ketones (excluding diaryl/α,β-unsaturated/α-hetero) is 3. The molecule has 3 atom stereocenters. The number of nitrogens with zero attached hydrogens (tertiary/aromatic N) is 6. The van der Waals surface area contributed by atoms with E-state index in [4.69, 9.17) is 9.84 Å². The lowest BCUT2D eigenvalue weighted by Gasteiger charge is -2.11. The van der Waals surface area contributed by atoms with Gasteiger partial charge in [0, 0.05) is 17.1 Å². The highest BCUT2D eigenvalue weighted by Gasteiger charge is 2.34. The van der Waals surface area contributed by atoms with Gasteiger partial charge in [0.15, 0.2) is 17.3 Å². The molecule has 9 rings (SSSR count). The second kappa shape index (κ2) is 28.6. The first-order valence-electron chi connectivity index (χ1n) is 25.8. The van der Waals surface area contributed by atoms with Crippen LogP contribution in [0.2, 0.25) is 0 Å². The Hall–Kier alpha value is -12.5. The third-order valence-corrected chi connectivity index (χ3v) is 12.3. The van der Waals surface area contributed by atoms with Gasteiger partial charge in [0.05, 0.1) is 80.9 Å². The van der Waals surface area contributed by atoms with Gasteiger partial charge in [-0.3, -0.25) is 28.8 Å². The number of azo groups is 3. The molecule has 0 aliphatic heterocycles. The zero-order chi connectivity index (χ0) is 65.6. The van der Waals surface area contributed by atoms with E-state index in [0.29, 0.717) is 44.5 Å². The predicted molar refractivity (Wildman–Crippen MR) is 314 cm³/mol. The minimum absolute atomic E-state index is 0.0281. The number of esters is 2. The Morgan fingerprint density at radius 1 is 0.444 bits per heavy atom. The predicted octanol–water partition coefficient (Wildman–Crippen LogP) is 7.90. The van der Waals surface area contributed by atoms with Crippen LogP contribution < -0.4 is 33.0 Å². The Kier molecular flexibility index (Phi) is 20.7. The molecule has 0 saturated carbocycles. The lowest BCUT2D eigenvalue weighted by atomic mass is 10.1. The van der Waals surface area contributed by atoms with Crippen molar-refractivity contribution in [3.05, 3.63) is 175 Å². The van der Waals surface area contributed by atoms with Crippen LogP contribution in [0.1, 0.15) is 57.4 Å². The Bertz CT molecular complexity index is 4570. The van der Waals surface area contributed by atoms with Gasteiger partial charge in [-0.05, 0) is 118 Å². The molecule has 10 N–H and O–H groups in total. The van der Waals surface area contributed by atoms with E-state index in [1.54, 1.807) is 24.3 Å². The zero-order valence-electron chi connectivity index (χ0n) is 47.3. The lowest BCUT2D eigenvalue weighted by Crippen LogP contribution is -2.31. The van der Waals surface area contributed by atoms with Crippen molar-refractivity contribution in [2.75, 3.05) is 30.2 Å². The molecule has 0 fully saturated rings. The highest BCUT2D eigenvalue weighted by molar-refractivity contribution is 6.12. The Morgan fingerprint density at radius 3 is 1.20 bits per heavy atom. The largest absolute Gasteiger partial charge is 0.478 e. The van der Waals surface area contributed by atoms with Gasteiger partial charge in [0.2, 0.25) is 18.1 Å². The molecule has 3 heterocycles. The first kappa shape index (κ1) is 65.1. The van der Waals surface area contributed by atoms with Crippen molar-refractivity contribution in [3.8, 4) is 0 Å². The van der Waals surface area contributed by atoms with E-state index in [2.05, 4.69) is 81.3 Å². The Balaban J connectivity index is 0.000000193. The molecule has 462 valence electrons. The molecule has 30 nitrogen and oxygen atoms in total. The number of aromatic carboxylic acids is 1. The lowest BCUT2D eigenvalue weighted by molar-refractivity contribution is -0.137. The number of ether oxygens (including phenoxy) is 2. The number of anilines is 3. The fraction of sp³-hybridized carbons (Fsp3) is 0.158. The van der Waals surface area contributed by atoms with Gasteiger partial charge in [-0.15, -0.1) is 0 Å². The smallest absolute Gasteiger partial charge is 0.418 e. The summed E-state index contributed by atoms with van der Waals surface area (Å²) in [6, 6.07) is 23.3. The number of aromatic nitrogens is 6. The summed E-state index contributed by atoms with van der Waals surface area (Å²) < 4.78 is 48.4. The van der Waals surface area contributed by atoms with E-state index in [-0.39, 0.29) is 39.4 Å². The zero-order valence-corrected chi connectivity index (χ0v) is 47.3. The van der Waals surface area contributed by atoms with Gasteiger partial charge in [0.25, 0.3) is 17.7 Å². The second-order valence-corrected chi connectivity index (χ2v) is 18.7. The summed E-state index contributed by atoms with van der Waals surface area (Å²) in [6.45, 7) is 3.41. The molecule has 0 saturated heterocycles. The molecule has 0 radical (unpaired) electrons. The quantitative estimate of drug-likeness (QED) is 0.0222. The number of halogens is 3. The minimum Gasteiger partial charge on any atom is -0.478 e. The molecule has 33 heteroatoms. The summed E-state index contributed by atoms with van der Waals surface area (Å²) in [7, 11) is 2.35. The number of methoxy groups -OCH3 is 2. The highest BCUT2D eigenvalue weighted by atomic mass is 19.4. The number of hydrogen-bond acceptors (Lipinski definition) is 20. The van der Waals surface area contributed by atoms with E-state index in [1.165, 1.54) is 99.0 Å². The third-order valence-electron chi connectivity index (χ3n) is 12.3. The SMILES string of the molecule is CC(=O)C(N=Nc1ccccc1C(=O)O)C(=O)Nc1ccc2[nH]c(=O)[nH]c2c1.CC(=O)C(N=Nc1ccccc1C(F)(F)F)C(=O)Nc1ccc2[nH]c(=O)[nH]c2c1.COC(=O)c1ccc(C(=O)OC)c(N=NC(C(C)=O)C(=O)Nc2ccc3[nH]c(=O)[nH]c3c2)c1. The molecular formula is C57H48F3N15O15. The number of ketones is 3. The topological polar surface area (TPSA) is 449 Å². The van der Waals surface area contributed by atoms with Crippen LogP contribution in [0.4, 0.5) is 47.3 Å². The number of carbonyl (C=O) groups excluding carboxylic acids is 8. The van der Waals surface area contributed by atoms with Crippen molar-refractivity contribution in [1.82, 2.24) is 29.9 Å². The minimum atomic E-state index is -4.66. The number of carboxylic acid groups (broad SMARTS) is 1. The van der Waals surface area contributed by atoms with Crippen molar-refractivity contribution < 1.29 is 70.9 Å². The number of benzene rings is 6. The van der Waals surface area contributed by atoms with E-state index < -0.39 is 99.9 Å². The van der Waals surface area contributed by atoms with Crippen molar-refractivity contribution in [1.29, 1.82) is 0 Å². The number of aromatic amines is 6. The standard InChI is InChI=1S/C21H19N5O7.C18H14F3N5O3.C18H15N5O5/c1-10(27)17(18(28)22-12-5-7-14-16(9-12)24-21(31)23-14)26-25-15-8-11(19(29)32-2)4-6-13(15)20(30)33-3;1-9(27)15(26-25-12-5-3-2-4-11(12)18(19,20)21)16(28)22-10-6-7-13-14(8-10)24-17(29)23-13;1-9(24)15(23-22-12-5-3-2-4-11(12)17(26)27)16(25)19-10-6-7-13-14(8-10)21-18(28)20-13/h4-9,17H,1-3H3,(H,22,28)(H2,23,24,31);2-8,15H,1H3,(H,22,28)(H2,23,24,29);2-8,15H,1H3,(H,19,25)(H,26,27)(H2,20,21,28). The van der Waals surface area contributed by atoms with E-state index >= 15 is 0 Å². The summed E-state index contributed by atoms with van der Waals surface area (Å²) in [5.41, 5.74) is 1.04. The van der Waals surface area contributed by atoms with Crippen LogP contribution >= 0.6 is 0 Å². The van der Waals surface area contributed by atoms with Gasteiger partial charge >= 0.3 is 41.2 Å². The summed E-state index contributed by atoms with van der Waals surface area (Å²) >= 11 is 0. The number of fused-ring (bicyclic) bond motifs is 3. The molecule has 3 unspecified atom stereocenters. The highest BCUT2D eigenvalue weighted by Crippen LogP contribution is 2.36. The fourth-order valence-electron chi connectivity index (χ4n) is 7.96. The monoisotopic (exact) mass is 1240 g/mol. The number of nitrogens with one attached hydrogen (secondary N) is 9. The number of hydrogen-bond donors (Lipinski definition) is 10. The van der Waals surface area contributed by atoms with Gasteiger partial charge < -0.3 is 60.4 Å². The maximum Gasteiger partial charge on any atom is 0.418 e. The first-order chi connectivity index (χ1) is 42.7. The molecule has 0 aliphatic rings. The summed E-state index contributed by atoms with van der Waals surface area (Å²) in [4.78, 5) is 158. The molecule has 0 spiro atoms. The van der Waals surface area contributed by atoms with E-state index in [1.807, 2.05) is 0 Å². The molecule has 90 heavy (non-hydrogen) atoms. The average molecular weight is 1240 g/mol. The number of imidazole rings is 3. The van der Waals surface area contributed by atoms with Crippen molar-refractivity contribution in [3.63, 3.8) is 0 Å². The average Bonchev–Trinajstić information content (AvgIpc) is 2.34. The number of H-pyrrole nitrogens is 6. The Labute approximate surface area is 500 Å². The maximum absolute atomic E-state index is 13.0. The van der Waals surface area contributed by atoms with Crippen LogP contribution in [0, 0.1) is 0 Å². The third kappa shape index (κ3) is 16.7. The van der Waals surface area contributed by atoms with Crippen molar-refractivity contribution in [2.45, 2.75) is 45.1 Å². The van der Waals surface area contributed by atoms with Crippen LogP contribution in [-0.4, -0.2) is 120 Å². The van der Waals surface area contributed by atoms with Crippen LogP contribution in [0.3, 0.4) is 0 Å². The Morgan fingerprint density at radius 2 is 0.811 bits per heavy atom. The summed E-state index contributed by atoms with van der Waals surface area (Å²) in [5.74, 6) is -6.91. The van der Waals surface area contributed by atoms with E-state index in [9.17, 15) is 70.7 Å². The van der Waals surface area contributed by atoms with Crippen LogP contribution in [0.15, 0.2) is 166 Å². The van der Waals surface area contributed by atoms with Crippen molar-refractivity contribution in [2.24, 2.45) is 30.7 Å².